The molecule has 2 fully saturated rings. The SMILES string of the molecule is Cc1ccc2nc(-c3ccc(NC(=O)CC4C(=O)N(C5CC5)C(=S)N4Cc4c([O-])on[n+]4C)cc3)sc2c1. The first kappa shape index (κ1) is 24.4. The van der Waals surface area contributed by atoms with Gasteiger partial charge in [0.25, 0.3) is 11.6 Å². The number of nitrogens with one attached hydrogen (secondary N) is 1. The van der Waals surface area contributed by atoms with E-state index in [1.54, 1.807) is 28.2 Å². The molecule has 2 amide bonds. The normalized spacial score (nSPS) is 17.6. The van der Waals surface area contributed by atoms with Crippen LogP contribution < -0.4 is 15.1 Å². The number of aromatic nitrogens is 3. The van der Waals surface area contributed by atoms with E-state index in [4.69, 9.17) is 21.7 Å². The van der Waals surface area contributed by atoms with Crippen LogP contribution in [-0.4, -0.2) is 49.1 Å². The maximum atomic E-state index is 13.3. The fraction of sp³-hybridized carbons (Fsp3) is 0.308. The summed E-state index contributed by atoms with van der Waals surface area (Å²) in [6.07, 6.45) is 1.63. The van der Waals surface area contributed by atoms with Gasteiger partial charge in [0.15, 0.2) is 18.1 Å². The Morgan fingerprint density at radius 2 is 2.03 bits per heavy atom. The molecule has 1 saturated heterocycles. The maximum absolute atomic E-state index is 13.3. The fourth-order valence-electron chi connectivity index (χ4n) is 4.60. The topological polar surface area (TPSA) is 119 Å². The average molecular weight is 549 g/mol. The molecule has 1 aliphatic carbocycles. The zero-order chi connectivity index (χ0) is 26.6. The van der Waals surface area contributed by atoms with Gasteiger partial charge in [0.05, 0.1) is 21.9 Å². The molecule has 194 valence electrons. The highest BCUT2D eigenvalue weighted by Gasteiger charge is 2.49. The Kier molecular flexibility index (Phi) is 6.07. The second-order valence-electron chi connectivity index (χ2n) is 9.62. The third kappa shape index (κ3) is 4.50. The van der Waals surface area contributed by atoms with Crippen molar-refractivity contribution in [3.05, 3.63) is 53.7 Å². The maximum Gasteiger partial charge on any atom is 0.252 e. The Labute approximate surface area is 227 Å². The predicted molar refractivity (Wildman–Crippen MR) is 142 cm³/mol. The number of rotatable bonds is 7. The monoisotopic (exact) mass is 548 g/mol. The Hall–Kier alpha value is -3.90. The second kappa shape index (κ2) is 9.44. The molecule has 0 spiro atoms. The van der Waals surface area contributed by atoms with Gasteiger partial charge in [0, 0.05) is 17.3 Å². The largest absolute Gasteiger partial charge is 0.539 e. The Morgan fingerprint density at radius 3 is 2.71 bits per heavy atom. The van der Waals surface area contributed by atoms with Crippen LogP contribution >= 0.6 is 23.6 Å². The zero-order valence-corrected chi connectivity index (χ0v) is 22.3. The van der Waals surface area contributed by atoms with Crippen molar-refractivity contribution in [1.82, 2.24) is 20.1 Å². The molecular formula is C26H24N6O4S2. The number of anilines is 1. The van der Waals surface area contributed by atoms with Crippen LogP contribution in [0.5, 0.6) is 5.95 Å². The zero-order valence-electron chi connectivity index (χ0n) is 20.7. The molecule has 0 bridgehead atoms. The number of carbonyl (C=O) groups is 2. The molecule has 0 radical (unpaired) electrons. The van der Waals surface area contributed by atoms with Crippen molar-refractivity contribution in [1.29, 1.82) is 0 Å². The van der Waals surface area contributed by atoms with Crippen LogP contribution in [0.3, 0.4) is 0 Å². The standard InChI is InChI=1S/C26H24N6O4S2/c1-14-3-10-18-21(11-14)38-23(28-18)15-4-6-16(7-5-15)27-22(33)12-19-24(34)32(17-8-9-17)26(37)31(19)13-20-25(35)36-29-30(20)2/h3-7,10-11,17,19H,8-9,12-13H2,1-2H3,(H-,27,28,29,33,35). The molecule has 3 heterocycles. The summed E-state index contributed by atoms with van der Waals surface area (Å²) < 4.78 is 7.17. The molecule has 12 heteroatoms. The van der Waals surface area contributed by atoms with Gasteiger partial charge in [-0.2, -0.15) is 0 Å². The number of benzene rings is 2. The van der Waals surface area contributed by atoms with Gasteiger partial charge in [-0.25, -0.2) is 4.98 Å². The lowest BCUT2D eigenvalue weighted by molar-refractivity contribution is -0.746. The lowest BCUT2D eigenvalue weighted by atomic mass is 10.1. The van der Waals surface area contributed by atoms with E-state index in [1.165, 1.54) is 10.2 Å². The summed E-state index contributed by atoms with van der Waals surface area (Å²) in [6.45, 7) is 2.09. The minimum atomic E-state index is -0.817. The number of thiocarbonyl (C=S) groups is 1. The Balaban J connectivity index is 1.17. The molecule has 1 aliphatic heterocycles. The van der Waals surface area contributed by atoms with Gasteiger partial charge >= 0.3 is 0 Å². The van der Waals surface area contributed by atoms with Gasteiger partial charge in [-0.05, 0) is 73.9 Å². The Bertz CT molecular complexity index is 1560. The second-order valence-corrected chi connectivity index (χ2v) is 11.0. The highest BCUT2D eigenvalue weighted by atomic mass is 32.1. The minimum absolute atomic E-state index is 0.0287. The molecule has 38 heavy (non-hydrogen) atoms. The highest BCUT2D eigenvalue weighted by Crippen LogP contribution is 2.35. The lowest BCUT2D eigenvalue weighted by Gasteiger charge is -2.22. The van der Waals surface area contributed by atoms with E-state index in [1.807, 2.05) is 36.4 Å². The average Bonchev–Trinajstić information content (AvgIpc) is 3.49. The molecule has 10 nitrogen and oxygen atoms in total. The van der Waals surface area contributed by atoms with E-state index in [2.05, 4.69) is 23.6 Å². The van der Waals surface area contributed by atoms with E-state index < -0.39 is 12.0 Å². The molecule has 2 aliphatic rings. The molecule has 4 aromatic rings. The van der Waals surface area contributed by atoms with Gasteiger partial charge in [0.2, 0.25) is 5.91 Å². The van der Waals surface area contributed by atoms with E-state index in [-0.39, 0.29) is 36.5 Å². The van der Waals surface area contributed by atoms with E-state index in [9.17, 15) is 14.7 Å². The van der Waals surface area contributed by atoms with Crippen molar-refractivity contribution >= 4 is 56.4 Å². The van der Waals surface area contributed by atoms with Gasteiger partial charge in [-0.1, -0.05) is 10.7 Å². The summed E-state index contributed by atoms with van der Waals surface area (Å²) in [5.74, 6) is -1.14. The van der Waals surface area contributed by atoms with E-state index >= 15 is 0 Å². The molecule has 6 rings (SSSR count). The van der Waals surface area contributed by atoms with Crippen molar-refractivity contribution in [2.24, 2.45) is 7.05 Å². The van der Waals surface area contributed by atoms with Crippen molar-refractivity contribution in [2.75, 3.05) is 5.32 Å². The van der Waals surface area contributed by atoms with Gasteiger partial charge in [-0.3, -0.25) is 14.5 Å². The first-order chi connectivity index (χ1) is 18.3. The summed E-state index contributed by atoms with van der Waals surface area (Å²) in [6, 6.07) is 12.9. The summed E-state index contributed by atoms with van der Waals surface area (Å²) in [7, 11) is 1.58. The number of amides is 2. The third-order valence-corrected chi connectivity index (χ3v) is 8.29. The summed E-state index contributed by atoms with van der Waals surface area (Å²) in [5.41, 5.74) is 3.97. The first-order valence-electron chi connectivity index (χ1n) is 12.2. The first-order valence-corrected chi connectivity index (χ1v) is 13.4. The van der Waals surface area contributed by atoms with E-state index in [0.29, 0.717) is 10.8 Å². The van der Waals surface area contributed by atoms with Crippen LogP contribution in [0.4, 0.5) is 5.69 Å². The van der Waals surface area contributed by atoms with Crippen LogP contribution in [0, 0.1) is 6.92 Å². The number of fused-ring (bicyclic) bond motifs is 1. The summed E-state index contributed by atoms with van der Waals surface area (Å²) in [5, 5.41) is 19.9. The van der Waals surface area contributed by atoms with Crippen molar-refractivity contribution < 1.29 is 23.9 Å². The van der Waals surface area contributed by atoms with Crippen LogP contribution in [0.25, 0.3) is 20.8 Å². The fourth-order valence-corrected chi connectivity index (χ4v) is 6.10. The molecule has 2 aromatic heterocycles. The Morgan fingerprint density at radius 1 is 1.26 bits per heavy atom. The van der Waals surface area contributed by atoms with Gasteiger partial charge in [-0.15, -0.1) is 11.3 Å². The van der Waals surface area contributed by atoms with Crippen molar-refractivity contribution in [3.63, 3.8) is 0 Å². The predicted octanol–water partition coefficient (Wildman–Crippen LogP) is 2.65. The minimum Gasteiger partial charge on any atom is -0.539 e. The summed E-state index contributed by atoms with van der Waals surface area (Å²) in [4.78, 5) is 34.2. The molecule has 1 saturated carbocycles. The van der Waals surface area contributed by atoms with Gasteiger partial charge in [0.1, 0.15) is 17.6 Å². The van der Waals surface area contributed by atoms with Crippen molar-refractivity contribution in [2.45, 2.75) is 44.8 Å². The van der Waals surface area contributed by atoms with Gasteiger partial charge < -0.3 is 19.8 Å². The molecule has 1 N–H and O–H groups in total. The number of nitrogens with zero attached hydrogens (tertiary/aromatic N) is 5. The molecule has 1 unspecified atom stereocenters. The smallest absolute Gasteiger partial charge is 0.252 e. The molecule has 2 aromatic carbocycles. The van der Waals surface area contributed by atoms with Crippen LogP contribution in [-0.2, 0) is 23.2 Å². The highest BCUT2D eigenvalue weighted by molar-refractivity contribution is 7.80. The lowest BCUT2D eigenvalue weighted by Crippen LogP contribution is -2.42. The number of aryl methyl sites for hydroxylation is 2. The molecule has 1 atom stereocenters. The summed E-state index contributed by atoms with van der Waals surface area (Å²) >= 11 is 7.22. The number of thiazole rings is 1. The number of hydrogen-bond acceptors (Lipinski definition) is 8. The van der Waals surface area contributed by atoms with E-state index in [0.717, 1.165) is 33.6 Å². The van der Waals surface area contributed by atoms with Crippen LogP contribution in [0.15, 0.2) is 47.0 Å². The van der Waals surface area contributed by atoms with Crippen molar-refractivity contribution in [3.8, 4) is 16.5 Å². The number of hydrogen-bond donors (Lipinski definition) is 1. The van der Waals surface area contributed by atoms with Crippen LogP contribution in [0.2, 0.25) is 0 Å². The van der Waals surface area contributed by atoms with Crippen LogP contribution in [0.1, 0.15) is 30.5 Å². The third-order valence-electron chi connectivity index (χ3n) is 6.79. The number of carbonyl (C=O) groups excluding carboxylic acids is 2. The molecular weight excluding hydrogens is 524 g/mol. The quantitative estimate of drug-likeness (QED) is 0.277.